The summed E-state index contributed by atoms with van der Waals surface area (Å²) in [5.41, 5.74) is 6.77. The van der Waals surface area contributed by atoms with Gasteiger partial charge in [0.05, 0.1) is 45.4 Å². The number of H-pyrrole nitrogens is 1. The number of methoxy groups -OCH3 is 1. The van der Waals surface area contributed by atoms with Crippen LogP contribution in [0.25, 0.3) is 21.1 Å². The van der Waals surface area contributed by atoms with Gasteiger partial charge >= 0.3 is 5.97 Å². The molecular weight excluding hydrogens is 526 g/mol. The molecule has 0 unspecified atom stereocenters. The molecule has 2 aromatic heterocycles. The molecular formula is C30H29N5O4S. The minimum atomic E-state index is -0.467. The van der Waals surface area contributed by atoms with E-state index in [9.17, 15) is 14.7 Å². The molecule has 5 rings (SSSR count). The van der Waals surface area contributed by atoms with E-state index in [0.717, 1.165) is 21.5 Å². The van der Waals surface area contributed by atoms with Crippen molar-refractivity contribution in [2.24, 2.45) is 4.99 Å². The molecule has 204 valence electrons. The molecule has 0 fully saturated rings. The van der Waals surface area contributed by atoms with Gasteiger partial charge in [0.2, 0.25) is 5.91 Å². The lowest BCUT2D eigenvalue weighted by molar-refractivity contribution is -0.118. The van der Waals surface area contributed by atoms with Gasteiger partial charge in [-0.15, -0.1) is 11.3 Å². The molecule has 9 nitrogen and oxygen atoms in total. The number of aromatic nitrogens is 2. The summed E-state index contributed by atoms with van der Waals surface area (Å²) < 4.78 is 5.89. The first-order valence-corrected chi connectivity index (χ1v) is 13.5. The van der Waals surface area contributed by atoms with Gasteiger partial charge in [0, 0.05) is 42.2 Å². The van der Waals surface area contributed by atoms with Crippen molar-refractivity contribution in [3.05, 3.63) is 82.9 Å². The second-order valence-corrected chi connectivity index (χ2v) is 10.5. The third-order valence-electron chi connectivity index (χ3n) is 6.67. The molecule has 0 bridgehead atoms. The zero-order chi connectivity index (χ0) is 28.4. The van der Waals surface area contributed by atoms with Gasteiger partial charge in [-0.2, -0.15) is 0 Å². The number of aromatic amines is 1. The Morgan fingerprint density at radius 2 is 1.77 bits per heavy atom. The largest absolute Gasteiger partial charge is 0.494 e. The second-order valence-electron chi connectivity index (χ2n) is 9.62. The van der Waals surface area contributed by atoms with Crippen LogP contribution in [-0.2, 0) is 9.53 Å². The number of hydrogen-bond donors (Lipinski definition) is 2. The molecule has 0 aliphatic heterocycles. The average Bonchev–Trinajstić information content (AvgIpc) is 3.56. The number of anilines is 1. The number of esters is 1. The molecule has 0 aliphatic carbocycles. The van der Waals surface area contributed by atoms with E-state index in [2.05, 4.69) is 9.97 Å². The Balaban J connectivity index is 1.58. The van der Waals surface area contributed by atoms with Crippen molar-refractivity contribution in [1.82, 2.24) is 14.9 Å². The number of ether oxygens (including phenoxy) is 1. The van der Waals surface area contributed by atoms with Gasteiger partial charge in [0.25, 0.3) is 0 Å². The highest BCUT2D eigenvalue weighted by molar-refractivity contribution is 7.16. The van der Waals surface area contributed by atoms with Crippen molar-refractivity contribution >= 4 is 61.4 Å². The number of nitrogens with one attached hydrogen (secondary N) is 1. The quantitative estimate of drug-likeness (QED) is 0.197. The molecule has 2 heterocycles. The van der Waals surface area contributed by atoms with Gasteiger partial charge in [-0.3, -0.25) is 4.79 Å². The fraction of sp³-hybridized carbons (Fsp3) is 0.200. The lowest BCUT2D eigenvalue weighted by Crippen LogP contribution is -2.29. The van der Waals surface area contributed by atoms with E-state index in [1.54, 1.807) is 47.0 Å². The smallest absolute Gasteiger partial charge is 0.337 e. The predicted molar refractivity (Wildman–Crippen MR) is 159 cm³/mol. The van der Waals surface area contributed by atoms with Crippen LogP contribution in [-0.4, -0.2) is 72.4 Å². The van der Waals surface area contributed by atoms with E-state index in [4.69, 9.17) is 9.73 Å². The number of rotatable bonds is 8. The predicted octanol–water partition coefficient (Wildman–Crippen LogP) is 5.35. The fourth-order valence-corrected chi connectivity index (χ4v) is 5.11. The first-order valence-electron chi connectivity index (χ1n) is 12.6. The molecule has 0 radical (unpaired) electrons. The minimum Gasteiger partial charge on any atom is -0.494 e. The molecule has 0 spiro atoms. The zero-order valence-corrected chi connectivity index (χ0v) is 23.5. The van der Waals surface area contributed by atoms with Gasteiger partial charge in [0.1, 0.15) is 0 Å². The molecule has 3 aromatic carbocycles. The maximum atomic E-state index is 12.6. The summed E-state index contributed by atoms with van der Waals surface area (Å²) in [4.78, 5) is 40.7. The van der Waals surface area contributed by atoms with Crippen LogP contribution in [0.5, 0.6) is 5.88 Å². The molecule has 2 N–H and O–H groups in total. The zero-order valence-electron chi connectivity index (χ0n) is 22.6. The number of carbonyl (C=O) groups is 2. The Morgan fingerprint density at radius 3 is 2.50 bits per heavy atom. The van der Waals surface area contributed by atoms with Crippen molar-refractivity contribution in [3.8, 4) is 5.88 Å². The molecule has 0 aliphatic rings. The monoisotopic (exact) mass is 555 g/mol. The maximum Gasteiger partial charge on any atom is 0.337 e. The van der Waals surface area contributed by atoms with Crippen LogP contribution in [0.2, 0.25) is 0 Å². The first kappa shape index (κ1) is 27.0. The number of aromatic hydroxyl groups is 1. The van der Waals surface area contributed by atoms with Crippen LogP contribution < -0.4 is 4.90 Å². The topological polar surface area (TPSA) is 111 Å². The van der Waals surface area contributed by atoms with Crippen LogP contribution in [0, 0.1) is 0 Å². The van der Waals surface area contributed by atoms with Gasteiger partial charge in [-0.25, -0.2) is 14.8 Å². The number of carbonyl (C=O) groups excluding carboxylic acids is 2. The highest BCUT2D eigenvalue weighted by Gasteiger charge is 2.21. The van der Waals surface area contributed by atoms with Crippen molar-refractivity contribution < 1.29 is 19.4 Å². The summed E-state index contributed by atoms with van der Waals surface area (Å²) in [6.45, 7) is 0.674. The number of benzene rings is 3. The SMILES string of the molecule is COC(=O)c1ccc2c(C(=Nc3ccc(N(C)C(=O)CCN(C)C)cc3)c3ccc4scnc4c3)c(O)[nH]c2c1. The van der Waals surface area contributed by atoms with Gasteiger partial charge in [-0.05, 0) is 62.6 Å². The third-order valence-corrected chi connectivity index (χ3v) is 7.48. The number of hydrogen-bond acceptors (Lipinski definition) is 8. The number of fused-ring (bicyclic) bond motifs is 2. The second kappa shape index (κ2) is 11.3. The summed E-state index contributed by atoms with van der Waals surface area (Å²) in [5.74, 6) is -0.514. The van der Waals surface area contributed by atoms with Crippen LogP contribution in [0.1, 0.15) is 27.9 Å². The summed E-state index contributed by atoms with van der Waals surface area (Å²) >= 11 is 1.55. The molecule has 40 heavy (non-hydrogen) atoms. The Labute approximate surface area is 235 Å². The highest BCUT2D eigenvalue weighted by atomic mass is 32.1. The number of aliphatic imine (C=N–C) groups is 1. The molecule has 0 saturated carbocycles. The lowest BCUT2D eigenvalue weighted by atomic mass is 9.99. The Kier molecular flexibility index (Phi) is 7.63. The fourth-order valence-electron chi connectivity index (χ4n) is 4.45. The third kappa shape index (κ3) is 5.45. The van der Waals surface area contributed by atoms with E-state index in [1.165, 1.54) is 7.11 Å². The Morgan fingerprint density at radius 1 is 1.02 bits per heavy atom. The summed E-state index contributed by atoms with van der Waals surface area (Å²) in [5, 5.41) is 11.8. The van der Waals surface area contributed by atoms with Crippen LogP contribution >= 0.6 is 11.3 Å². The summed E-state index contributed by atoms with van der Waals surface area (Å²) in [6, 6.07) is 18.3. The minimum absolute atomic E-state index is 0.0252. The highest BCUT2D eigenvalue weighted by Crippen LogP contribution is 2.33. The van der Waals surface area contributed by atoms with E-state index in [-0.39, 0.29) is 11.8 Å². The number of nitrogens with zero attached hydrogens (tertiary/aromatic N) is 4. The summed E-state index contributed by atoms with van der Waals surface area (Å²) in [7, 11) is 6.96. The molecule has 5 aromatic rings. The van der Waals surface area contributed by atoms with Crippen LogP contribution in [0.3, 0.4) is 0 Å². The van der Waals surface area contributed by atoms with Gasteiger partial charge in [-0.1, -0.05) is 12.1 Å². The van der Waals surface area contributed by atoms with Crippen LogP contribution in [0.15, 0.2) is 71.2 Å². The Hall–Kier alpha value is -4.54. The average molecular weight is 556 g/mol. The maximum absolute atomic E-state index is 12.6. The summed E-state index contributed by atoms with van der Waals surface area (Å²) in [6.07, 6.45) is 0.421. The van der Waals surface area contributed by atoms with Crippen LogP contribution in [0.4, 0.5) is 11.4 Å². The van der Waals surface area contributed by atoms with Crippen molar-refractivity contribution in [2.45, 2.75) is 6.42 Å². The van der Waals surface area contributed by atoms with E-state index < -0.39 is 5.97 Å². The standard InChI is InChI=1S/C30H29N5O4S/c1-34(2)14-13-26(36)35(3)21-9-7-20(8-10-21)32-28(18-6-12-25-24(15-18)31-17-40-25)27-22-11-5-19(30(38)39-4)16-23(22)33-29(27)37/h5-12,15-17,33,37H,13-14H2,1-4H3. The van der Waals surface area contributed by atoms with E-state index in [0.29, 0.717) is 46.4 Å². The molecule has 10 heteroatoms. The van der Waals surface area contributed by atoms with Crippen molar-refractivity contribution in [1.29, 1.82) is 0 Å². The molecule has 0 saturated heterocycles. The lowest BCUT2D eigenvalue weighted by Gasteiger charge is -2.19. The number of amides is 1. The molecule has 0 atom stereocenters. The van der Waals surface area contributed by atoms with Gasteiger partial charge in [0.15, 0.2) is 5.88 Å². The van der Waals surface area contributed by atoms with E-state index >= 15 is 0 Å². The molecule has 1 amide bonds. The Bertz CT molecular complexity index is 1740. The van der Waals surface area contributed by atoms with Crippen molar-refractivity contribution in [2.75, 3.05) is 39.7 Å². The van der Waals surface area contributed by atoms with Gasteiger partial charge < -0.3 is 24.6 Å². The number of thiazole rings is 1. The van der Waals surface area contributed by atoms with Crippen molar-refractivity contribution in [3.63, 3.8) is 0 Å². The normalized spacial score (nSPS) is 11.9. The first-order chi connectivity index (χ1) is 19.2. The van der Waals surface area contributed by atoms with E-state index in [1.807, 2.05) is 61.5 Å².